The van der Waals surface area contributed by atoms with E-state index in [9.17, 15) is 9.18 Å². The molecular weight excluding hydrogens is 273 g/mol. The van der Waals surface area contributed by atoms with E-state index >= 15 is 0 Å². The van der Waals surface area contributed by atoms with Crippen molar-refractivity contribution in [3.05, 3.63) is 48.0 Å². The van der Waals surface area contributed by atoms with Crippen molar-refractivity contribution in [2.45, 2.75) is 32.4 Å². The van der Waals surface area contributed by atoms with Crippen LogP contribution in [-0.4, -0.2) is 17.1 Å². The van der Waals surface area contributed by atoms with Crippen molar-refractivity contribution in [1.82, 2.24) is 5.32 Å². The average molecular weight is 291 g/mol. The van der Waals surface area contributed by atoms with Crippen LogP contribution in [0.3, 0.4) is 0 Å². The van der Waals surface area contributed by atoms with Crippen molar-refractivity contribution in [2.24, 2.45) is 0 Å². The van der Waals surface area contributed by atoms with Crippen molar-refractivity contribution in [3.8, 4) is 11.3 Å². The fourth-order valence-corrected chi connectivity index (χ4v) is 2.10. The third-order valence-corrected chi connectivity index (χ3v) is 3.20. The van der Waals surface area contributed by atoms with E-state index in [1.165, 1.54) is 6.07 Å². The molecule has 1 aromatic heterocycles. The standard InChI is InChI=1S/C16H18FNO3/c1-2-5-14(16(19)20)18-10-11-8-9-15(21-11)12-6-3-4-7-13(12)17/h3-4,6-9,14,18H,2,5,10H2,1H3,(H,19,20). The predicted octanol–water partition coefficient (Wildman–Crippen LogP) is 3.43. The molecule has 112 valence electrons. The van der Waals surface area contributed by atoms with Gasteiger partial charge in [0.2, 0.25) is 0 Å². The summed E-state index contributed by atoms with van der Waals surface area (Å²) in [6, 6.07) is 9.18. The van der Waals surface area contributed by atoms with Crippen LogP contribution in [0.15, 0.2) is 40.8 Å². The summed E-state index contributed by atoms with van der Waals surface area (Å²) in [6.45, 7) is 2.23. The summed E-state index contributed by atoms with van der Waals surface area (Å²) in [7, 11) is 0. The molecule has 0 radical (unpaired) electrons. The summed E-state index contributed by atoms with van der Waals surface area (Å²) in [6.07, 6.45) is 1.33. The Hall–Kier alpha value is -2.14. The lowest BCUT2D eigenvalue weighted by molar-refractivity contribution is -0.139. The normalized spacial score (nSPS) is 12.3. The van der Waals surface area contributed by atoms with Crippen molar-refractivity contribution in [3.63, 3.8) is 0 Å². The number of furan rings is 1. The van der Waals surface area contributed by atoms with Gasteiger partial charge in [0, 0.05) is 0 Å². The molecule has 2 aromatic rings. The molecule has 0 bridgehead atoms. The van der Waals surface area contributed by atoms with Gasteiger partial charge in [-0.25, -0.2) is 4.39 Å². The van der Waals surface area contributed by atoms with Crippen LogP contribution in [0.25, 0.3) is 11.3 Å². The maximum absolute atomic E-state index is 13.7. The molecule has 1 atom stereocenters. The Kier molecular flexibility index (Phi) is 5.11. The maximum atomic E-state index is 13.7. The Morgan fingerprint density at radius 3 is 2.76 bits per heavy atom. The fraction of sp³-hybridized carbons (Fsp3) is 0.312. The number of hydrogen-bond acceptors (Lipinski definition) is 3. The predicted molar refractivity (Wildman–Crippen MR) is 77.3 cm³/mol. The van der Waals surface area contributed by atoms with E-state index in [1.54, 1.807) is 30.3 Å². The Bertz CT molecular complexity index is 609. The summed E-state index contributed by atoms with van der Waals surface area (Å²) < 4.78 is 19.2. The van der Waals surface area contributed by atoms with Crippen LogP contribution in [0.4, 0.5) is 4.39 Å². The third kappa shape index (κ3) is 3.92. The summed E-state index contributed by atoms with van der Waals surface area (Å²) in [4.78, 5) is 11.0. The van der Waals surface area contributed by atoms with Crippen molar-refractivity contribution in [2.75, 3.05) is 0 Å². The van der Waals surface area contributed by atoms with E-state index in [2.05, 4.69) is 5.32 Å². The number of carboxylic acid groups (broad SMARTS) is 1. The maximum Gasteiger partial charge on any atom is 0.320 e. The van der Waals surface area contributed by atoms with Gasteiger partial charge in [0.15, 0.2) is 0 Å². The van der Waals surface area contributed by atoms with Crippen molar-refractivity contribution in [1.29, 1.82) is 0 Å². The van der Waals surface area contributed by atoms with Crippen LogP contribution >= 0.6 is 0 Å². The number of halogens is 1. The minimum atomic E-state index is -0.877. The monoisotopic (exact) mass is 291 g/mol. The van der Waals surface area contributed by atoms with Gasteiger partial charge in [0.25, 0.3) is 0 Å². The molecule has 2 rings (SSSR count). The molecule has 21 heavy (non-hydrogen) atoms. The average Bonchev–Trinajstić information content (AvgIpc) is 2.92. The topological polar surface area (TPSA) is 62.5 Å². The van der Waals surface area contributed by atoms with E-state index in [0.29, 0.717) is 30.0 Å². The second-order valence-electron chi connectivity index (χ2n) is 4.81. The van der Waals surface area contributed by atoms with E-state index in [0.717, 1.165) is 6.42 Å². The smallest absolute Gasteiger partial charge is 0.320 e. The largest absolute Gasteiger partial charge is 0.480 e. The first-order chi connectivity index (χ1) is 10.1. The molecule has 5 heteroatoms. The quantitative estimate of drug-likeness (QED) is 0.820. The second kappa shape index (κ2) is 7.04. The zero-order chi connectivity index (χ0) is 15.2. The van der Waals surface area contributed by atoms with Gasteiger partial charge in [-0.3, -0.25) is 10.1 Å². The van der Waals surface area contributed by atoms with Gasteiger partial charge < -0.3 is 9.52 Å². The minimum absolute atomic E-state index is 0.297. The highest BCUT2D eigenvalue weighted by Crippen LogP contribution is 2.24. The Morgan fingerprint density at radius 2 is 2.10 bits per heavy atom. The number of benzene rings is 1. The van der Waals surface area contributed by atoms with Gasteiger partial charge in [-0.1, -0.05) is 25.5 Å². The highest BCUT2D eigenvalue weighted by atomic mass is 19.1. The Balaban J connectivity index is 2.04. The van der Waals surface area contributed by atoms with Gasteiger partial charge in [0.1, 0.15) is 23.4 Å². The second-order valence-corrected chi connectivity index (χ2v) is 4.81. The van der Waals surface area contributed by atoms with Gasteiger partial charge in [0.05, 0.1) is 12.1 Å². The first-order valence-corrected chi connectivity index (χ1v) is 6.91. The van der Waals surface area contributed by atoms with Crippen LogP contribution in [0.1, 0.15) is 25.5 Å². The highest BCUT2D eigenvalue weighted by Gasteiger charge is 2.16. The lowest BCUT2D eigenvalue weighted by atomic mass is 10.1. The molecular formula is C16H18FNO3. The lowest BCUT2D eigenvalue weighted by Crippen LogP contribution is -2.35. The van der Waals surface area contributed by atoms with Crippen LogP contribution in [0, 0.1) is 5.82 Å². The molecule has 0 saturated heterocycles. The number of nitrogens with one attached hydrogen (secondary N) is 1. The van der Waals surface area contributed by atoms with E-state index in [-0.39, 0.29) is 5.82 Å². The Labute approximate surface area is 122 Å². The molecule has 0 aliphatic carbocycles. The van der Waals surface area contributed by atoms with Gasteiger partial charge in [-0.05, 0) is 30.7 Å². The van der Waals surface area contributed by atoms with Gasteiger partial charge in [-0.15, -0.1) is 0 Å². The molecule has 1 unspecified atom stereocenters. The van der Waals surface area contributed by atoms with Gasteiger partial charge in [-0.2, -0.15) is 0 Å². The molecule has 0 fully saturated rings. The van der Waals surface area contributed by atoms with E-state index in [1.807, 2.05) is 6.92 Å². The summed E-state index contributed by atoms with van der Waals surface area (Å²) in [5.74, 6) is -0.207. The van der Waals surface area contributed by atoms with Gasteiger partial charge >= 0.3 is 5.97 Å². The molecule has 0 aliphatic heterocycles. The summed E-state index contributed by atoms with van der Waals surface area (Å²) >= 11 is 0. The number of aliphatic carboxylic acids is 1. The number of hydrogen-bond donors (Lipinski definition) is 2. The number of rotatable bonds is 7. The summed E-state index contributed by atoms with van der Waals surface area (Å²) in [5.41, 5.74) is 0.395. The highest BCUT2D eigenvalue weighted by molar-refractivity contribution is 5.73. The van der Waals surface area contributed by atoms with Crippen LogP contribution in [-0.2, 0) is 11.3 Å². The lowest BCUT2D eigenvalue weighted by Gasteiger charge is -2.11. The SMILES string of the molecule is CCCC(NCc1ccc(-c2ccccc2F)o1)C(=O)O. The minimum Gasteiger partial charge on any atom is -0.480 e. The fourth-order valence-electron chi connectivity index (χ4n) is 2.10. The van der Waals surface area contributed by atoms with E-state index in [4.69, 9.17) is 9.52 Å². The molecule has 0 spiro atoms. The van der Waals surface area contributed by atoms with Crippen LogP contribution < -0.4 is 5.32 Å². The van der Waals surface area contributed by atoms with Crippen molar-refractivity contribution >= 4 is 5.97 Å². The zero-order valence-electron chi connectivity index (χ0n) is 11.8. The molecule has 0 saturated carbocycles. The van der Waals surface area contributed by atoms with Crippen LogP contribution in [0.2, 0.25) is 0 Å². The molecule has 4 nitrogen and oxygen atoms in total. The summed E-state index contributed by atoms with van der Waals surface area (Å²) in [5, 5.41) is 12.0. The number of carbonyl (C=O) groups is 1. The van der Waals surface area contributed by atoms with Crippen LogP contribution in [0.5, 0.6) is 0 Å². The molecule has 1 heterocycles. The first kappa shape index (κ1) is 15.3. The Morgan fingerprint density at radius 1 is 1.33 bits per heavy atom. The molecule has 0 amide bonds. The third-order valence-electron chi connectivity index (χ3n) is 3.20. The molecule has 0 aliphatic rings. The first-order valence-electron chi connectivity index (χ1n) is 6.91. The van der Waals surface area contributed by atoms with Crippen molar-refractivity contribution < 1.29 is 18.7 Å². The number of carboxylic acids is 1. The molecule has 1 aromatic carbocycles. The zero-order valence-corrected chi connectivity index (χ0v) is 11.8. The molecule has 2 N–H and O–H groups in total. The van der Waals surface area contributed by atoms with E-state index < -0.39 is 12.0 Å².